The van der Waals surface area contributed by atoms with Crippen LogP contribution >= 0.6 is 0 Å². The van der Waals surface area contributed by atoms with Crippen LogP contribution in [0.4, 0.5) is 11.5 Å². The molecule has 0 bridgehead atoms. The second kappa shape index (κ2) is 3.71. The molecule has 0 unspecified atom stereocenters. The smallest absolute Gasteiger partial charge is 0.363 e. The number of hydrogen-bond donors (Lipinski definition) is 1. The van der Waals surface area contributed by atoms with Crippen molar-refractivity contribution in [2.24, 2.45) is 0 Å². The first kappa shape index (κ1) is 10.8. The minimum absolute atomic E-state index is 0.157. The van der Waals surface area contributed by atoms with Gasteiger partial charge in [-0.05, 0) is 22.4 Å². The lowest BCUT2D eigenvalue weighted by molar-refractivity contribution is -0.389. The Kier molecular flexibility index (Phi) is 2.51. The van der Waals surface area contributed by atoms with Crippen LogP contribution in [0.5, 0.6) is 0 Å². The summed E-state index contributed by atoms with van der Waals surface area (Å²) in [5.74, 6) is -0.157. The van der Waals surface area contributed by atoms with Crippen LogP contribution < -0.4 is 4.90 Å². The zero-order chi connectivity index (χ0) is 11.8. The first-order valence-electron chi connectivity index (χ1n) is 5.12. The number of β-amino-alcohol motifs (C(OH)–C–C–N with tert-alkyl or cyclic N) is 1. The Morgan fingerprint density at radius 2 is 2.31 bits per heavy atom. The maximum Gasteiger partial charge on any atom is 0.363 e. The molecule has 0 radical (unpaired) electrons. The van der Waals surface area contributed by atoms with Crippen molar-refractivity contribution in [3.05, 3.63) is 28.4 Å². The van der Waals surface area contributed by atoms with Gasteiger partial charge in [-0.1, -0.05) is 6.92 Å². The van der Waals surface area contributed by atoms with E-state index in [2.05, 4.69) is 4.98 Å². The quantitative estimate of drug-likeness (QED) is 0.609. The molecule has 1 saturated heterocycles. The Balaban J connectivity index is 2.05. The third-order valence-electron chi connectivity index (χ3n) is 2.91. The fourth-order valence-corrected chi connectivity index (χ4v) is 1.74. The zero-order valence-corrected chi connectivity index (χ0v) is 8.96. The summed E-state index contributed by atoms with van der Waals surface area (Å²) in [5.41, 5.74) is 0.200. The Bertz CT molecular complexity index is 398. The summed E-state index contributed by atoms with van der Waals surface area (Å²) in [6.07, 6.45) is 2.18. The molecule has 1 aliphatic rings. The fraction of sp³-hybridized carbons (Fsp3) is 0.500. The Hall–Kier alpha value is -1.69. The molecule has 0 atom stereocenters. The molecule has 1 aromatic heterocycles. The zero-order valence-electron chi connectivity index (χ0n) is 8.96. The highest BCUT2D eigenvalue weighted by atomic mass is 16.6. The summed E-state index contributed by atoms with van der Waals surface area (Å²) in [7, 11) is 0. The van der Waals surface area contributed by atoms with E-state index in [0.717, 1.165) is 5.69 Å². The van der Waals surface area contributed by atoms with Crippen molar-refractivity contribution >= 4 is 11.5 Å². The summed E-state index contributed by atoms with van der Waals surface area (Å²) in [6.45, 7) is 3.05. The van der Waals surface area contributed by atoms with E-state index in [9.17, 15) is 15.2 Å². The molecule has 0 aromatic carbocycles. The van der Waals surface area contributed by atoms with Gasteiger partial charge >= 0.3 is 5.82 Å². The third-order valence-corrected chi connectivity index (χ3v) is 2.91. The van der Waals surface area contributed by atoms with E-state index in [1.165, 1.54) is 12.3 Å². The van der Waals surface area contributed by atoms with Gasteiger partial charge in [0, 0.05) is 19.2 Å². The van der Waals surface area contributed by atoms with Gasteiger partial charge in [0.05, 0.1) is 11.3 Å². The van der Waals surface area contributed by atoms with Gasteiger partial charge in [0.25, 0.3) is 0 Å². The van der Waals surface area contributed by atoms with Crippen LogP contribution in [0, 0.1) is 10.1 Å². The monoisotopic (exact) mass is 223 g/mol. The summed E-state index contributed by atoms with van der Waals surface area (Å²) in [4.78, 5) is 15.6. The van der Waals surface area contributed by atoms with Crippen LogP contribution in [-0.4, -0.2) is 33.7 Å². The highest BCUT2D eigenvalue weighted by Gasteiger charge is 2.39. The SMILES string of the molecule is CCC1(O)CN(c2ccc([N+](=O)[O-])nc2)C1. The minimum Gasteiger partial charge on any atom is -0.386 e. The topological polar surface area (TPSA) is 79.5 Å². The van der Waals surface area contributed by atoms with Crippen molar-refractivity contribution in [1.29, 1.82) is 0 Å². The highest BCUT2D eigenvalue weighted by Crippen LogP contribution is 2.29. The summed E-state index contributed by atoms with van der Waals surface area (Å²) in [5, 5.41) is 20.2. The molecule has 6 nitrogen and oxygen atoms in total. The number of aromatic nitrogens is 1. The maximum atomic E-state index is 10.4. The van der Waals surface area contributed by atoms with Crippen LogP contribution in [0.3, 0.4) is 0 Å². The highest BCUT2D eigenvalue weighted by molar-refractivity contribution is 5.50. The molecule has 2 heterocycles. The van der Waals surface area contributed by atoms with E-state index in [1.807, 2.05) is 11.8 Å². The predicted octanol–water partition coefficient (Wildman–Crippen LogP) is 0.951. The number of nitrogens with zero attached hydrogens (tertiary/aromatic N) is 3. The molecule has 86 valence electrons. The van der Waals surface area contributed by atoms with Crippen molar-refractivity contribution in [3.63, 3.8) is 0 Å². The van der Waals surface area contributed by atoms with E-state index in [4.69, 9.17) is 0 Å². The number of pyridine rings is 1. The summed E-state index contributed by atoms with van der Waals surface area (Å²) in [6, 6.07) is 3.03. The van der Waals surface area contributed by atoms with Crippen LogP contribution in [0.2, 0.25) is 0 Å². The average molecular weight is 223 g/mol. The number of aliphatic hydroxyl groups is 1. The Morgan fingerprint density at radius 1 is 1.62 bits per heavy atom. The maximum absolute atomic E-state index is 10.4. The molecule has 1 aromatic rings. The first-order chi connectivity index (χ1) is 7.54. The van der Waals surface area contributed by atoms with Gasteiger partial charge in [-0.15, -0.1) is 0 Å². The van der Waals surface area contributed by atoms with Crippen LogP contribution in [0.25, 0.3) is 0 Å². The van der Waals surface area contributed by atoms with E-state index < -0.39 is 10.5 Å². The van der Waals surface area contributed by atoms with Crippen molar-refractivity contribution < 1.29 is 10.0 Å². The van der Waals surface area contributed by atoms with E-state index in [1.54, 1.807) is 6.07 Å². The normalized spacial score (nSPS) is 18.0. The summed E-state index contributed by atoms with van der Waals surface area (Å²) < 4.78 is 0. The van der Waals surface area contributed by atoms with E-state index >= 15 is 0 Å². The van der Waals surface area contributed by atoms with Gasteiger partial charge in [0.15, 0.2) is 6.20 Å². The molecule has 0 spiro atoms. The van der Waals surface area contributed by atoms with Crippen molar-refractivity contribution in [1.82, 2.24) is 4.98 Å². The number of anilines is 1. The Labute approximate surface area is 92.7 Å². The van der Waals surface area contributed by atoms with Crippen LogP contribution in [0.15, 0.2) is 18.3 Å². The second-order valence-electron chi connectivity index (χ2n) is 4.07. The molecule has 0 aliphatic carbocycles. The van der Waals surface area contributed by atoms with E-state index in [-0.39, 0.29) is 5.82 Å². The first-order valence-corrected chi connectivity index (χ1v) is 5.12. The summed E-state index contributed by atoms with van der Waals surface area (Å²) >= 11 is 0. The molecule has 0 saturated carbocycles. The van der Waals surface area contributed by atoms with Gasteiger partial charge in [-0.25, -0.2) is 0 Å². The number of nitro groups is 1. The largest absolute Gasteiger partial charge is 0.386 e. The standard InChI is InChI=1S/C10H13N3O3/c1-2-10(14)6-12(7-10)8-3-4-9(11-5-8)13(15)16/h3-5,14H,2,6-7H2,1H3. The lowest BCUT2D eigenvalue weighted by Gasteiger charge is -2.47. The van der Waals surface area contributed by atoms with Crippen LogP contribution in [-0.2, 0) is 0 Å². The van der Waals surface area contributed by atoms with Crippen molar-refractivity contribution in [3.8, 4) is 0 Å². The predicted molar refractivity (Wildman–Crippen MR) is 58.3 cm³/mol. The number of rotatable bonds is 3. The van der Waals surface area contributed by atoms with Crippen molar-refractivity contribution in [2.45, 2.75) is 18.9 Å². The van der Waals surface area contributed by atoms with Gasteiger partial charge in [0.2, 0.25) is 0 Å². The number of hydrogen-bond acceptors (Lipinski definition) is 5. The molecule has 6 heteroatoms. The Morgan fingerprint density at radius 3 is 2.75 bits per heavy atom. The lowest BCUT2D eigenvalue weighted by Crippen LogP contribution is -2.61. The molecule has 0 amide bonds. The van der Waals surface area contributed by atoms with Crippen LogP contribution in [0.1, 0.15) is 13.3 Å². The fourth-order valence-electron chi connectivity index (χ4n) is 1.74. The average Bonchev–Trinajstić information content (AvgIpc) is 2.25. The van der Waals surface area contributed by atoms with Gasteiger partial charge in [-0.3, -0.25) is 0 Å². The molecular weight excluding hydrogens is 210 g/mol. The molecule has 1 aliphatic heterocycles. The minimum atomic E-state index is -0.609. The molecule has 16 heavy (non-hydrogen) atoms. The molecule has 1 N–H and O–H groups in total. The van der Waals surface area contributed by atoms with Gasteiger partial charge in [0.1, 0.15) is 0 Å². The lowest BCUT2D eigenvalue weighted by atomic mass is 9.91. The molecular formula is C10H13N3O3. The molecule has 2 rings (SSSR count). The van der Waals surface area contributed by atoms with Gasteiger partial charge < -0.3 is 20.1 Å². The third kappa shape index (κ3) is 1.83. The molecule has 1 fully saturated rings. The van der Waals surface area contributed by atoms with E-state index in [0.29, 0.717) is 19.5 Å². The van der Waals surface area contributed by atoms with Gasteiger partial charge in [-0.2, -0.15) is 0 Å². The second-order valence-corrected chi connectivity index (χ2v) is 4.07. The van der Waals surface area contributed by atoms with Crippen molar-refractivity contribution in [2.75, 3.05) is 18.0 Å².